The Morgan fingerprint density at radius 3 is 2.56 bits per heavy atom. The minimum atomic E-state index is -0.251. The number of rotatable bonds is 3. The highest BCUT2D eigenvalue weighted by atomic mass is 19.1. The van der Waals surface area contributed by atoms with Crippen molar-refractivity contribution in [2.75, 3.05) is 13.6 Å². The van der Waals surface area contributed by atoms with Gasteiger partial charge in [-0.05, 0) is 54.1 Å². The van der Waals surface area contributed by atoms with Crippen LogP contribution in [0.25, 0.3) is 16.5 Å². The van der Waals surface area contributed by atoms with Crippen LogP contribution in [-0.2, 0) is 19.5 Å². The second-order valence-electron chi connectivity index (χ2n) is 6.77. The molecule has 0 spiro atoms. The molecule has 0 aliphatic carbocycles. The summed E-state index contributed by atoms with van der Waals surface area (Å²) in [5.74, 6) is -0.461. The maximum atomic E-state index is 13.8. The fourth-order valence-corrected chi connectivity index (χ4v) is 3.71. The molecule has 0 fully saturated rings. The highest BCUT2D eigenvalue weighted by molar-refractivity contribution is 5.86. The Bertz CT molecular complexity index is 954. The molecule has 128 valence electrons. The Labute approximate surface area is 146 Å². The van der Waals surface area contributed by atoms with E-state index in [1.165, 1.54) is 29.5 Å². The first-order valence-electron chi connectivity index (χ1n) is 8.44. The molecule has 2 nitrogen and oxygen atoms in total. The van der Waals surface area contributed by atoms with Crippen molar-refractivity contribution >= 4 is 16.5 Å². The standard InChI is InChI=1S/C21H20F2N2/c1-14(15-3-5-16(22)6-4-15)12-25-20-8-7-17(23)11-18(20)19-13-24(2)10-9-21(19)25/h3-8,11H,1,9-10,12-13H2,2H3. The molecular formula is C21H20F2N2. The van der Waals surface area contributed by atoms with E-state index < -0.39 is 0 Å². The lowest BCUT2D eigenvalue weighted by atomic mass is 10.0. The van der Waals surface area contributed by atoms with Crippen LogP contribution in [0.5, 0.6) is 0 Å². The highest BCUT2D eigenvalue weighted by Crippen LogP contribution is 2.32. The number of aromatic nitrogens is 1. The van der Waals surface area contributed by atoms with Gasteiger partial charge in [-0.15, -0.1) is 0 Å². The molecule has 4 heteroatoms. The highest BCUT2D eigenvalue weighted by Gasteiger charge is 2.23. The molecule has 0 unspecified atom stereocenters. The smallest absolute Gasteiger partial charge is 0.123 e. The van der Waals surface area contributed by atoms with E-state index in [2.05, 4.69) is 23.1 Å². The summed E-state index contributed by atoms with van der Waals surface area (Å²) in [7, 11) is 2.09. The van der Waals surface area contributed by atoms with Crippen LogP contribution in [0.4, 0.5) is 8.78 Å². The van der Waals surface area contributed by atoms with Gasteiger partial charge in [0.2, 0.25) is 0 Å². The van der Waals surface area contributed by atoms with E-state index in [0.717, 1.165) is 41.5 Å². The molecule has 1 aliphatic rings. The number of benzene rings is 2. The summed E-state index contributed by atoms with van der Waals surface area (Å²) in [4.78, 5) is 2.26. The van der Waals surface area contributed by atoms with E-state index in [1.54, 1.807) is 18.2 Å². The van der Waals surface area contributed by atoms with Crippen LogP contribution in [0.3, 0.4) is 0 Å². The second kappa shape index (κ2) is 6.12. The maximum absolute atomic E-state index is 13.8. The lowest BCUT2D eigenvalue weighted by molar-refractivity contribution is 0.310. The molecule has 25 heavy (non-hydrogen) atoms. The second-order valence-corrected chi connectivity index (χ2v) is 6.77. The summed E-state index contributed by atoms with van der Waals surface area (Å²) in [6.07, 6.45) is 0.929. The zero-order chi connectivity index (χ0) is 17.6. The summed E-state index contributed by atoms with van der Waals surface area (Å²) in [6, 6.07) is 11.4. The van der Waals surface area contributed by atoms with Gasteiger partial charge >= 0.3 is 0 Å². The van der Waals surface area contributed by atoms with Gasteiger partial charge in [0.05, 0.1) is 0 Å². The number of likely N-dealkylation sites (N-methyl/N-ethyl adjacent to an activating group) is 1. The van der Waals surface area contributed by atoms with Crippen LogP contribution < -0.4 is 0 Å². The van der Waals surface area contributed by atoms with E-state index in [-0.39, 0.29) is 11.6 Å². The largest absolute Gasteiger partial charge is 0.340 e. The summed E-state index contributed by atoms with van der Waals surface area (Å²) >= 11 is 0. The summed E-state index contributed by atoms with van der Waals surface area (Å²) in [5.41, 5.74) is 5.33. The van der Waals surface area contributed by atoms with Crippen LogP contribution in [0.15, 0.2) is 49.0 Å². The van der Waals surface area contributed by atoms with Gasteiger partial charge in [-0.1, -0.05) is 18.7 Å². The molecule has 4 rings (SSSR count). The number of hydrogen-bond donors (Lipinski definition) is 0. The van der Waals surface area contributed by atoms with Crippen molar-refractivity contribution in [3.8, 4) is 0 Å². The van der Waals surface area contributed by atoms with Crippen molar-refractivity contribution in [1.82, 2.24) is 9.47 Å². The van der Waals surface area contributed by atoms with Gasteiger partial charge in [0, 0.05) is 42.7 Å². The first-order chi connectivity index (χ1) is 12.0. The van der Waals surface area contributed by atoms with Crippen molar-refractivity contribution in [2.24, 2.45) is 0 Å². The average molecular weight is 338 g/mol. The minimum Gasteiger partial charge on any atom is -0.340 e. The minimum absolute atomic E-state index is 0.210. The van der Waals surface area contributed by atoms with Gasteiger partial charge < -0.3 is 9.47 Å². The zero-order valence-corrected chi connectivity index (χ0v) is 14.2. The van der Waals surface area contributed by atoms with Gasteiger partial charge in [-0.25, -0.2) is 8.78 Å². The SMILES string of the molecule is C=C(Cn1c2c(c3cc(F)ccc31)CN(C)CC2)c1ccc(F)cc1. The summed E-state index contributed by atoms with van der Waals surface area (Å²) in [6.45, 7) is 6.61. The molecule has 2 aromatic carbocycles. The van der Waals surface area contributed by atoms with Crippen LogP contribution in [0, 0.1) is 11.6 Å². The fraction of sp³-hybridized carbons (Fsp3) is 0.238. The molecule has 0 bridgehead atoms. The zero-order valence-electron chi connectivity index (χ0n) is 14.2. The first-order valence-corrected chi connectivity index (χ1v) is 8.44. The predicted octanol–water partition coefficient (Wildman–Crippen LogP) is 4.62. The van der Waals surface area contributed by atoms with Crippen molar-refractivity contribution < 1.29 is 8.78 Å². The number of hydrogen-bond acceptors (Lipinski definition) is 1. The summed E-state index contributed by atoms with van der Waals surface area (Å²) < 4.78 is 29.2. The van der Waals surface area contributed by atoms with Gasteiger partial charge in [0.15, 0.2) is 0 Å². The lowest BCUT2D eigenvalue weighted by Gasteiger charge is -2.24. The number of halogens is 2. The van der Waals surface area contributed by atoms with Crippen molar-refractivity contribution in [3.05, 3.63) is 77.5 Å². The van der Waals surface area contributed by atoms with Gasteiger partial charge in [-0.2, -0.15) is 0 Å². The predicted molar refractivity (Wildman–Crippen MR) is 97.4 cm³/mol. The Morgan fingerprint density at radius 1 is 1.08 bits per heavy atom. The summed E-state index contributed by atoms with van der Waals surface area (Å²) in [5, 5.41) is 0.980. The molecule has 0 radical (unpaired) electrons. The van der Waals surface area contributed by atoms with E-state index in [0.29, 0.717) is 6.54 Å². The molecule has 3 aromatic rings. The Hall–Kier alpha value is -2.46. The lowest BCUT2D eigenvalue weighted by Crippen LogP contribution is -2.27. The molecule has 1 aliphatic heterocycles. The van der Waals surface area contributed by atoms with Crippen LogP contribution in [0.2, 0.25) is 0 Å². The first kappa shape index (κ1) is 16.0. The molecular weight excluding hydrogens is 318 g/mol. The molecule has 0 amide bonds. The molecule has 2 heterocycles. The van der Waals surface area contributed by atoms with E-state index in [4.69, 9.17) is 0 Å². The molecule has 0 saturated carbocycles. The number of nitrogens with zero attached hydrogens (tertiary/aromatic N) is 2. The molecule has 1 aromatic heterocycles. The molecule has 0 atom stereocenters. The number of allylic oxidation sites excluding steroid dienone is 1. The molecule has 0 saturated heterocycles. The quantitative estimate of drug-likeness (QED) is 0.676. The number of fused-ring (bicyclic) bond motifs is 3. The van der Waals surface area contributed by atoms with Crippen molar-refractivity contribution in [1.29, 1.82) is 0 Å². The van der Waals surface area contributed by atoms with Crippen molar-refractivity contribution in [3.63, 3.8) is 0 Å². The van der Waals surface area contributed by atoms with Gasteiger partial charge in [-0.3, -0.25) is 0 Å². The van der Waals surface area contributed by atoms with Gasteiger partial charge in [0.25, 0.3) is 0 Å². The van der Waals surface area contributed by atoms with Crippen LogP contribution in [-0.4, -0.2) is 23.1 Å². The Balaban J connectivity index is 1.79. The monoisotopic (exact) mass is 338 g/mol. The molecule has 0 N–H and O–H groups in total. The Morgan fingerprint density at radius 2 is 1.80 bits per heavy atom. The van der Waals surface area contributed by atoms with Gasteiger partial charge in [0.1, 0.15) is 11.6 Å². The fourth-order valence-electron chi connectivity index (χ4n) is 3.71. The normalized spacial score (nSPS) is 14.7. The third-order valence-electron chi connectivity index (χ3n) is 5.01. The van der Waals surface area contributed by atoms with E-state index in [9.17, 15) is 8.78 Å². The topological polar surface area (TPSA) is 8.17 Å². The van der Waals surface area contributed by atoms with Crippen LogP contribution in [0.1, 0.15) is 16.8 Å². The van der Waals surface area contributed by atoms with Crippen molar-refractivity contribution in [2.45, 2.75) is 19.5 Å². The van der Waals surface area contributed by atoms with Crippen LogP contribution >= 0.6 is 0 Å². The van der Waals surface area contributed by atoms with E-state index in [1.807, 2.05) is 6.07 Å². The maximum Gasteiger partial charge on any atom is 0.123 e. The Kier molecular flexibility index (Phi) is 3.92. The third-order valence-corrected chi connectivity index (χ3v) is 5.01. The average Bonchev–Trinajstić information content (AvgIpc) is 2.88. The third kappa shape index (κ3) is 2.87. The van der Waals surface area contributed by atoms with E-state index >= 15 is 0 Å².